The zero-order valence-corrected chi connectivity index (χ0v) is 11.0. The number of nitrogens with one attached hydrogen (secondary N) is 1. The summed E-state index contributed by atoms with van der Waals surface area (Å²) in [5.41, 5.74) is 0. The van der Waals surface area contributed by atoms with E-state index in [0.717, 1.165) is 17.3 Å². The average Bonchev–Trinajstić information content (AvgIpc) is 2.29. The summed E-state index contributed by atoms with van der Waals surface area (Å²) in [6, 6.07) is 0.149. The highest BCUT2D eigenvalue weighted by Crippen LogP contribution is 2.24. The van der Waals surface area contributed by atoms with E-state index in [1.54, 1.807) is 0 Å². The minimum Gasteiger partial charge on any atom is -0.314 e. The summed E-state index contributed by atoms with van der Waals surface area (Å²) in [6.45, 7) is 5.13. The van der Waals surface area contributed by atoms with Crippen molar-refractivity contribution in [3.8, 4) is 0 Å². The molecule has 1 saturated heterocycles. The molecule has 0 aromatic heterocycles. The lowest BCUT2D eigenvalue weighted by Crippen LogP contribution is -2.47. The second-order valence-electron chi connectivity index (χ2n) is 4.41. The lowest BCUT2D eigenvalue weighted by atomic mass is 9.93. The third-order valence-corrected chi connectivity index (χ3v) is 4.74. The van der Waals surface area contributed by atoms with Crippen molar-refractivity contribution in [3.05, 3.63) is 0 Å². The molecule has 1 heterocycles. The van der Waals surface area contributed by atoms with Crippen molar-refractivity contribution >= 4 is 10.0 Å². The highest BCUT2D eigenvalue weighted by molar-refractivity contribution is 7.89. The quantitative estimate of drug-likeness (QED) is 0.818. The number of rotatable bonds is 5. The van der Waals surface area contributed by atoms with Gasteiger partial charge >= 0.3 is 5.76 Å². The molecule has 17 heavy (non-hydrogen) atoms. The second-order valence-corrected chi connectivity index (χ2v) is 6.31. The highest BCUT2D eigenvalue weighted by Gasteiger charge is 2.36. The van der Waals surface area contributed by atoms with Gasteiger partial charge < -0.3 is 5.32 Å². The molecular formula is C10H20F2N2O2S. The number of halogens is 2. The summed E-state index contributed by atoms with van der Waals surface area (Å²) in [5, 5.41) is 3.21. The molecule has 7 heteroatoms. The molecule has 1 aliphatic rings. The molecule has 0 aromatic carbocycles. The molecule has 0 saturated carbocycles. The lowest BCUT2D eigenvalue weighted by Gasteiger charge is -2.35. The molecule has 2 atom stereocenters. The number of piperidine rings is 1. The molecule has 2 unspecified atom stereocenters. The van der Waals surface area contributed by atoms with E-state index in [1.165, 1.54) is 0 Å². The Kier molecular flexibility index (Phi) is 5.27. The van der Waals surface area contributed by atoms with Crippen molar-refractivity contribution in [1.82, 2.24) is 9.62 Å². The molecule has 4 nitrogen and oxygen atoms in total. The van der Waals surface area contributed by atoms with Crippen molar-refractivity contribution in [3.63, 3.8) is 0 Å². The smallest absolute Gasteiger partial charge is 0.314 e. The Morgan fingerprint density at radius 1 is 1.47 bits per heavy atom. The van der Waals surface area contributed by atoms with Gasteiger partial charge in [0.25, 0.3) is 10.0 Å². The van der Waals surface area contributed by atoms with Gasteiger partial charge in [0.1, 0.15) is 0 Å². The van der Waals surface area contributed by atoms with E-state index in [-0.39, 0.29) is 25.0 Å². The van der Waals surface area contributed by atoms with Crippen LogP contribution >= 0.6 is 0 Å². The molecule has 102 valence electrons. The molecule has 0 aliphatic carbocycles. The first-order valence-electron chi connectivity index (χ1n) is 5.90. The lowest BCUT2D eigenvalue weighted by molar-refractivity contribution is 0.188. The van der Waals surface area contributed by atoms with Gasteiger partial charge in [0, 0.05) is 19.1 Å². The SMILES string of the molecule is CCNC(C)C1CCCN(S(=O)(=O)C(F)F)C1. The Morgan fingerprint density at radius 2 is 2.12 bits per heavy atom. The van der Waals surface area contributed by atoms with Crippen LogP contribution in [0.4, 0.5) is 8.78 Å². The maximum absolute atomic E-state index is 12.4. The zero-order chi connectivity index (χ0) is 13.1. The van der Waals surface area contributed by atoms with Crippen LogP contribution in [-0.2, 0) is 10.0 Å². The van der Waals surface area contributed by atoms with E-state index in [1.807, 2.05) is 13.8 Å². The fourth-order valence-electron chi connectivity index (χ4n) is 2.21. The van der Waals surface area contributed by atoms with Gasteiger partial charge in [0.05, 0.1) is 0 Å². The average molecular weight is 270 g/mol. The first-order valence-corrected chi connectivity index (χ1v) is 7.40. The fraction of sp³-hybridized carbons (Fsp3) is 1.00. The van der Waals surface area contributed by atoms with E-state index in [2.05, 4.69) is 5.32 Å². The molecule has 1 fully saturated rings. The molecule has 0 spiro atoms. The summed E-state index contributed by atoms with van der Waals surface area (Å²) in [6.07, 6.45) is 1.52. The molecular weight excluding hydrogens is 250 g/mol. The van der Waals surface area contributed by atoms with Gasteiger partial charge in [-0.25, -0.2) is 8.42 Å². The predicted molar refractivity (Wildman–Crippen MR) is 62.4 cm³/mol. The van der Waals surface area contributed by atoms with Gasteiger partial charge in [-0.2, -0.15) is 13.1 Å². The standard InChI is InChI=1S/C10H20F2N2O2S/c1-3-13-8(2)9-5-4-6-14(7-9)17(15,16)10(11)12/h8-10,13H,3-7H2,1-2H3. The zero-order valence-electron chi connectivity index (χ0n) is 10.2. The van der Waals surface area contributed by atoms with Gasteiger partial charge in [-0.1, -0.05) is 6.92 Å². The third-order valence-electron chi connectivity index (χ3n) is 3.24. The van der Waals surface area contributed by atoms with Gasteiger partial charge in [-0.05, 0) is 32.2 Å². The van der Waals surface area contributed by atoms with Crippen molar-refractivity contribution in [2.24, 2.45) is 5.92 Å². The summed E-state index contributed by atoms with van der Waals surface area (Å²) >= 11 is 0. The van der Waals surface area contributed by atoms with E-state index in [0.29, 0.717) is 6.42 Å². The monoisotopic (exact) mass is 270 g/mol. The maximum atomic E-state index is 12.4. The van der Waals surface area contributed by atoms with Crippen LogP contribution in [0.3, 0.4) is 0 Å². The predicted octanol–water partition coefficient (Wildman–Crippen LogP) is 1.25. The summed E-state index contributed by atoms with van der Waals surface area (Å²) in [4.78, 5) is 0. The second kappa shape index (κ2) is 6.06. The number of alkyl halides is 2. The largest absolute Gasteiger partial charge is 0.350 e. The van der Waals surface area contributed by atoms with Crippen LogP contribution in [0.15, 0.2) is 0 Å². The van der Waals surface area contributed by atoms with Crippen molar-refractivity contribution in [2.45, 2.75) is 38.5 Å². The Bertz CT molecular complexity index is 335. The third kappa shape index (κ3) is 3.59. The molecule has 0 aromatic rings. The maximum Gasteiger partial charge on any atom is 0.350 e. The van der Waals surface area contributed by atoms with Crippen LogP contribution in [0.5, 0.6) is 0 Å². The van der Waals surface area contributed by atoms with Crippen LogP contribution in [0.1, 0.15) is 26.7 Å². The number of nitrogens with zero attached hydrogens (tertiary/aromatic N) is 1. The Labute approximate surface area is 101 Å². The normalized spacial score (nSPS) is 25.1. The number of hydrogen-bond acceptors (Lipinski definition) is 3. The van der Waals surface area contributed by atoms with Crippen LogP contribution in [0, 0.1) is 5.92 Å². The van der Waals surface area contributed by atoms with Crippen LogP contribution in [0.2, 0.25) is 0 Å². The van der Waals surface area contributed by atoms with Crippen LogP contribution < -0.4 is 5.32 Å². The molecule has 1 aliphatic heterocycles. The number of sulfonamides is 1. The molecule has 0 amide bonds. The summed E-state index contributed by atoms with van der Waals surface area (Å²) in [7, 11) is -4.41. The first-order chi connectivity index (χ1) is 7.89. The Hall–Kier alpha value is -0.270. The topological polar surface area (TPSA) is 49.4 Å². The Morgan fingerprint density at radius 3 is 2.65 bits per heavy atom. The van der Waals surface area contributed by atoms with Crippen LogP contribution in [-0.4, -0.2) is 44.2 Å². The molecule has 0 bridgehead atoms. The van der Waals surface area contributed by atoms with Gasteiger partial charge in [-0.3, -0.25) is 0 Å². The minimum atomic E-state index is -4.41. The van der Waals surface area contributed by atoms with Crippen molar-refractivity contribution < 1.29 is 17.2 Å². The molecule has 1 N–H and O–H groups in total. The van der Waals surface area contributed by atoms with Crippen molar-refractivity contribution in [2.75, 3.05) is 19.6 Å². The highest BCUT2D eigenvalue weighted by atomic mass is 32.2. The fourth-order valence-corrected chi connectivity index (χ4v) is 3.22. The summed E-state index contributed by atoms with van der Waals surface area (Å²) in [5.74, 6) is -3.20. The van der Waals surface area contributed by atoms with Gasteiger partial charge in [0.15, 0.2) is 0 Å². The van der Waals surface area contributed by atoms with E-state index in [9.17, 15) is 17.2 Å². The minimum absolute atomic E-state index is 0.109. The number of hydrogen-bond donors (Lipinski definition) is 1. The van der Waals surface area contributed by atoms with Crippen LogP contribution in [0.25, 0.3) is 0 Å². The molecule has 1 rings (SSSR count). The van der Waals surface area contributed by atoms with Gasteiger partial charge in [-0.15, -0.1) is 0 Å². The van der Waals surface area contributed by atoms with E-state index >= 15 is 0 Å². The molecule has 0 radical (unpaired) electrons. The van der Waals surface area contributed by atoms with Crippen molar-refractivity contribution in [1.29, 1.82) is 0 Å². The summed E-state index contributed by atoms with van der Waals surface area (Å²) < 4.78 is 48.5. The van der Waals surface area contributed by atoms with Gasteiger partial charge in [0.2, 0.25) is 0 Å². The van der Waals surface area contributed by atoms with E-state index in [4.69, 9.17) is 0 Å². The Balaban J connectivity index is 2.67. The van der Waals surface area contributed by atoms with E-state index < -0.39 is 15.8 Å². The first kappa shape index (κ1) is 14.8.